The fourth-order valence-corrected chi connectivity index (χ4v) is 2.42. The van der Waals surface area contributed by atoms with Crippen molar-refractivity contribution in [1.29, 1.82) is 5.26 Å². The Morgan fingerprint density at radius 2 is 2.43 bits per heavy atom. The molecule has 1 aromatic heterocycles. The average molecular weight is 228 g/mol. The van der Waals surface area contributed by atoms with E-state index in [1.165, 1.54) is 24.4 Å². The van der Waals surface area contributed by atoms with Crippen LogP contribution >= 0.6 is 23.1 Å². The third kappa shape index (κ3) is 1.84. The summed E-state index contributed by atoms with van der Waals surface area (Å²) >= 11 is 7.02. The van der Waals surface area contributed by atoms with Gasteiger partial charge in [-0.05, 0) is 37.2 Å². The molecule has 0 bridgehead atoms. The van der Waals surface area contributed by atoms with Gasteiger partial charge in [-0.1, -0.05) is 11.6 Å². The standard InChI is InChI=1S/C9H10ClN3S/c1-5(6-2-3-6)12-9-7(4-11)8(10)13-14-9/h5-6,12H,2-3H2,1H3. The van der Waals surface area contributed by atoms with E-state index in [2.05, 4.69) is 22.7 Å². The van der Waals surface area contributed by atoms with E-state index in [9.17, 15) is 0 Å². The first-order valence-corrected chi connectivity index (χ1v) is 5.69. The summed E-state index contributed by atoms with van der Waals surface area (Å²) in [7, 11) is 0. The van der Waals surface area contributed by atoms with E-state index in [4.69, 9.17) is 16.9 Å². The zero-order chi connectivity index (χ0) is 10.1. The zero-order valence-corrected chi connectivity index (χ0v) is 9.32. The molecule has 1 aliphatic rings. The van der Waals surface area contributed by atoms with E-state index < -0.39 is 0 Å². The highest BCUT2D eigenvalue weighted by molar-refractivity contribution is 7.10. The van der Waals surface area contributed by atoms with Crippen LogP contribution in [0.3, 0.4) is 0 Å². The predicted octanol–water partition coefficient (Wildman–Crippen LogP) is 2.88. The number of hydrogen-bond acceptors (Lipinski definition) is 4. The summed E-state index contributed by atoms with van der Waals surface area (Å²) < 4.78 is 3.94. The maximum Gasteiger partial charge on any atom is 0.162 e. The highest BCUT2D eigenvalue weighted by Crippen LogP contribution is 2.36. The molecular weight excluding hydrogens is 218 g/mol. The van der Waals surface area contributed by atoms with Gasteiger partial charge in [0.1, 0.15) is 16.6 Å². The van der Waals surface area contributed by atoms with Gasteiger partial charge in [0, 0.05) is 6.04 Å². The van der Waals surface area contributed by atoms with Crippen molar-refractivity contribution >= 4 is 28.1 Å². The van der Waals surface area contributed by atoms with Gasteiger partial charge >= 0.3 is 0 Å². The summed E-state index contributed by atoms with van der Waals surface area (Å²) in [4.78, 5) is 0. The Bertz CT molecular complexity index is 378. The van der Waals surface area contributed by atoms with Crippen LogP contribution < -0.4 is 5.32 Å². The van der Waals surface area contributed by atoms with Crippen LogP contribution in [0.15, 0.2) is 0 Å². The number of nitriles is 1. The molecule has 1 unspecified atom stereocenters. The second kappa shape index (κ2) is 3.76. The molecule has 0 spiro atoms. The van der Waals surface area contributed by atoms with Crippen molar-refractivity contribution in [2.45, 2.75) is 25.8 Å². The van der Waals surface area contributed by atoms with Gasteiger partial charge in [0.15, 0.2) is 5.15 Å². The molecule has 1 fully saturated rings. The van der Waals surface area contributed by atoms with Crippen molar-refractivity contribution in [3.05, 3.63) is 10.7 Å². The zero-order valence-electron chi connectivity index (χ0n) is 7.75. The highest BCUT2D eigenvalue weighted by atomic mass is 35.5. The predicted molar refractivity (Wildman–Crippen MR) is 57.6 cm³/mol. The van der Waals surface area contributed by atoms with Crippen molar-refractivity contribution in [2.24, 2.45) is 5.92 Å². The van der Waals surface area contributed by atoms with E-state index >= 15 is 0 Å². The fraction of sp³-hybridized carbons (Fsp3) is 0.556. The van der Waals surface area contributed by atoms with Crippen LogP contribution in [-0.2, 0) is 0 Å². The SMILES string of the molecule is CC(Nc1snc(Cl)c1C#N)C1CC1. The number of rotatable bonds is 3. The summed E-state index contributed by atoms with van der Waals surface area (Å²) in [6.07, 6.45) is 2.56. The van der Waals surface area contributed by atoms with E-state index in [1.807, 2.05) is 0 Å². The highest BCUT2D eigenvalue weighted by Gasteiger charge is 2.28. The first-order chi connectivity index (χ1) is 6.72. The van der Waals surface area contributed by atoms with Gasteiger partial charge in [0.05, 0.1) is 0 Å². The molecule has 0 aliphatic heterocycles. The molecule has 5 heteroatoms. The Kier molecular flexibility index (Phi) is 2.62. The summed E-state index contributed by atoms with van der Waals surface area (Å²) in [6.45, 7) is 2.13. The molecule has 1 atom stereocenters. The van der Waals surface area contributed by atoms with Crippen molar-refractivity contribution < 1.29 is 0 Å². The first kappa shape index (κ1) is 9.75. The minimum Gasteiger partial charge on any atom is -0.372 e. The smallest absolute Gasteiger partial charge is 0.162 e. The number of halogens is 1. The molecule has 2 rings (SSSR count). The molecule has 0 aromatic carbocycles. The lowest BCUT2D eigenvalue weighted by Gasteiger charge is -2.11. The van der Waals surface area contributed by atoms with Gasteiger partial charge in [-0.3, -0.25) is 0 Å². The molecule has 1 aliphatic carbocycles. The molecule has 0 saturated heterocycles. The molecule has 1 aromatic rings. The van der Waals surface area contributed by atoms with Crippen LogP contribution in [0.4, 0.5) is 5.00 Å². The second-order valence-corrected chi connectivity index (χ2v) is 4.69. The summed E-state index contributed by atoms with van der Waals surface area (Å²) in [5, 5.41) is 13.3. The number of hydrogen-bond donors (Lipinski definition) is 1. The molecule has 1 heterocycles. The Hall–Kier alpha value is -0.790. The summed E-state index contributed by atoms with van der Waals surface area (Å²) in [5.74, 6) is 0.752. The van der Waals surface area contributed by atoms with Crippen LogP contribution in [0.5, 0.6) is 0 Å². The lowest BCUT2D eigenvalue weighted by molar-refractivity contribution is 0.696. The van der Waals surface area contributed by atoms with Gasteiger partial charge < -0.3 is 5.32 Å². The maximum atomic E-state index is 8.85. The second-order valence-electron chi connectivity index (χ2n) is 3.56. The largest absolute Gasteiger partial charge is 0.372 e. The molecule has 14 heavy (non-hydrogen) atoms. The normalized spacial score (nSPS) is 17.5. The van der Waals surface area contributed by atoms with Crippen LogP contribution in [0.25, 0.3) is 0 Å². The van der Waals surface area contributed by atoms with E-state index in [-0.39, 0.29) is 0 Å². The number of nitrogens with zero attached hydrogens (tertiary/aromatic N) is 2. The molecular formula is C9H10ClN3S. The van der Waals surface area contributed by atoms with Gasteiger partial charge in [0.25, 0.3) is 0 Å². The molecule has 1 saturated carbocycles. The number of anilines is 1. The van der Waals surface area contributed by atoms with E-state index in [0.29, 0.717) is 16.8 Å². The summed E-state index contributed by atoms with van der Waals surface area (Å²) in [6, 6.07) is 2.48. The average Bonchev–Trinajstić information content (AvgIpc) is 2.93. The van der Waals surface area contributed by atoms with Crippen LogP contribution in [0.2, 0.25) is 5.15 Å². The van der Waals surface area contributed by atoms with Crippen molar-refractivity contribution in [1.82, 2.24) is 4.37 Å². The summed E-state index contributed by atoms with van der Waals surface area (Å²) in [5.41, 5.74) is 0.476. The van der Waals surface area contributed by atoms with Crippen LogP contribution in [0.1, 0.15) is 25.3 Å². The quantitative estimate of drug-likeness (QED) is 0.864. The Morgan fingerprint density at radius 3 is 3.00 bits per heavy atom. The fourth-order valence-electron chi connectivity index (χ4n) is 1.39. The van der Waals surface area contributed by atoms with Gasteiger partial charge in [-0.2, -0.15) is 9.64 Å². The Morgan fingerprint density at radius 1 is 1.71 bits per heavy atom. The maximum absolute atomic E-state index is 8.85. The van der Waals surface area contributed by atoms with Crippen molar-refractivity contribution in [2.75, 3.05) is 5.32 Å². The van der Waals surface area contributed by atoms with Gasteiger partial charge in [-0.15, -0.1) is 0 Å². The number of nitrogens with one attached hydrogen (secondary N) is 1. The van der Waals surface area contributed by atoms with Crippen LogP contribution in [-0.4, -0.2) is 10.4 Å². The van der Waals surface area contributed by atoms with Crippen LogP contribution in [0, 0.1) is 17.2 Å². The molecule has 1 N–H and O–H groups in total. The molecule has 0 amide bonds. The van der Waals surface area contributed by atoms with E-state index in [0.717, 1.165) is 10.9 Å². The van der Waals surface area contributed by atoms with Gasteiger partial charge in [0.2, 0.25) is 0 Å². The monoisotopic (exact) mass is 227 g/mol. The Labute approximate surface area is 91.9 Å². The van der Waals surface area contributed by atoms with Crippen molar-refractivity contribution in [3.8, 4) is 6.07 Å². The van der Waals surface area contributed by atoms with Gasteiger partial charge in [-0.25, -0.2) is 0 Å². The topological polar surface area (TPSA) is 48.7 Å². The lowest BCUT2D eigenvalue weighted by atomic mass is 10.2. The third-order valence-electron chi connectivity index (χ3n) is 2.45. The molecule has 3 nitrogen and oxygen atoms in total. The minimum absolute atomic E-state index is 0.308. The van der Waals surface area contributed by atoms with E-state index in [1.54, 1.807) is 0 Å². The Balaban J connectivity index is 2.12. The lowest BCUT2D eigenvalue weighted by Crippen LogP contribution is -2.16. The third-order valence-corrected chi connectivity index (χ3v) is 3.60. The first-order valence-electron chi connectivity index (χ1n) is 4.54. The number of aromatic nitrogens is 1. The molecule has 74 valence electrons. The minimum atomic E-state index is 0.308. The molecule has 0 radical (unpaired) electrons. The van der Waals surface area contributed by atoms with Crippen molar-refractivity contribution in [3.63, 3.8) is 0 Å².